The Hall–Kier alpha value is -1.95. The third-order valence-electron chi connectivity index (χ3n) is 4.68. The average molecular weight is 407 g/mol. The van der Waals surface area contributed by atoms with Gasteiger partial charge in [-0.1, -0.05) is 12.1 Å². The third kappa shape index (κ3) is 6.03. The average Bonchev–Trinajstić information content (AvgIpc) is 2.67. The molecule has 1 aliphatic heterocycles. The fourth-order valence-electron chi connectivity index (χ4n) is 2.86. The minimum absolute atomic E-state index is 0.214. The summed E-state index contributed by atoms with van der Waals surface area (Å²) in [6.07, 6.45) is 2.59. The summed E-state index contributed by atoms with van der Waals surface area (Å²) in [5.41, 5.74) is 8.74. The second-order valence-electron chi connectivity index (χ2n) is 7.74. The first-order chi connectivity index (χ1) is 13.0. The number of aryl methyl sites for hydroxylation is 1. The number of carbonyl (C=O) groups is 1. The number of hydrogen-bond donors (Lipinski definition) is 3. The zero-order valence-corrected chi connectivity index (χ0v) is 17.9. The van der Waals surface area contributed by atoms with Crippen LogP contribution in [0.15, 0.2) is 28.8 Å². The van der Waals surface area contributed by atoms with Gasteiger partial charge in [0.1, 0.15) is 5.84 Å². The topological polar surface area (TPSA) is 114 Å². The van der Waals surface area contributed by atoms with Crippen molar-refractivity contribution in [3.8, 4) is 0 Å². The van der Waals surface area contributed by atoms with Crippen LogP contribution in [0.5, 0.6) is 0 Å². The Kier molecular flexibility index (Phi) is 7.21. The van der Waals surface area contributed by atoms with Gasteiger partial charge < -0.3 is 20.7 Å². The Morgan fingerprint density at radius 1 is 1.36 bits per heavy atom. The van der Waals surface area contributed by atoms with E-state index in [1.165, 1.54) is 6.66 Å². The number of fused-ring (bicyclic) bond motifs is 1. The Morgan fingerprint density at radius 3 is 2.75 bits per heavy atom. The van der Waals surface area contributed by atoms with E-state index in [9.17, 15) is 14.3 Å². The quantitative estimate of drug-likeness (QED) is 0.453. The number of carbonyl (C=O) groups excluding carboxylic acids is 1. The molecule has 1 unspecified atom stereocenters. The van der Waals surface area contributed by atoms with Gasteiger partial charge in [-0.3, -0.25) is 9.36 Å². The predicted octanol–water partition coefficient (Wildman–Crippen LogP) is 2.83. The lowest BCUT2D eigenvalue weighted by molar-refractivity contribution is -0.118. The monoisotopic (exact) mass is 407 g/mol. The molecule has 0 aromatic heterocycles. The molecule has 0 saturated carbocycles. The summed E-state index contributed by atoms with van der Waals surface area (Å²) >= 11 is 0. The number of ether oxygens (including phenoxy) is 1. The number of hydrogen-bond acceptors (Lipinski definition) is 5. The van der Waals surface area contributed by atoms with Crippen LogP contribution in [0.2, 0.25) is 0 Å². The molecule has 0 spiro atoms. The molecule has 1 heterocycles. The molecule has 1 aliphatic rings. The van der Waals surface area contributed by atoms with Crippen LogP contribution in [-0.2, 0) is 14.1 Å². The standard InChI is InChI=1S/C20H30N3O4P/c1-14-6-7-15-13-16(20(2,3)19(21)23-17(15)12-14)18(24)22-8-10-27-9-5-11-28(4,25)26/h6-7,12-13H,5,8-11H2,1-4H3,(H2,21,23)(H,22,24)(H,25,26). The van der Waals surface area contributed by atoms with Gasteiger partial charge in [-0.15, -0.1) is 0 Å². The van der Waals surface area contributed by atoms with E-state index in [1.807, 2.05) is 45.0 Å². The van der Waals surface area contributed by atoms with E-state index < -0.39 is 12.8 Å². The molecular formula is C20H30N3O4P. The van der Waals surface area contributed by atoms with Crippen LogP contribution in [0.4, 0.5) is 5.69 Å². The lowest BCUT2D eigenvalue weighted by Crippen LogP contribution is -2.40. The van der Waals surface area contributed by atoms with Gasteiger partial charge in [0.15, 0.2) is 7.37 Å². The fraction of sp³-hybridized carbons (Fsp3) is 0.500. The van der Waals surface area contributed by atoms with Crippen LogP contribution < -0.4 is 11.1 Å². The summed E-state index contributed by atoms with van der Waals surface area (Å²) in [6.45, 7) is 8.14. The van der Waals surface area contributed by atoms with Crippen LogP contribution in [0.3, 0.4) is 0 Å². The van der Waals surface area contributed by atoms with Crippen molar-refractivity contribution in [3.63, 3.8) is 0 Å². The fourth-order valence-corrected chi connectivity index (χ4v) is 3.58. The molecule has 154 valence electrons. The van der Waals surface area contributed by atoms with Crippen molar-refractivity contribution in [2.24, 2.45) is 16.1 Å². The van der Waals surface area contributed by atoms with Crippen LogP contribution in [0, 0.1) is 12.3 Å². The van der Waals surface area contributed by atoms with Gasteiger partial charge in [-0.05, 0) is 44.9 Å². The number of rotatable bonds is 8. The molecule has 0 bridgehead atoms. The first-order valence-corrected chi connectivity index (χ1v) is 11.6. The highest BCUT2D eigenvalue weighted by atomic mass is 31.2. The van der Waals surface area contributed by atoms with Gasteiger partial charge in [-0.2, -0.15) is 0 Å². The van der Waals surface area contributed by atoms with Gasteiger partial charge in [0, 0.05) is 37.1 Å². The molecule has 0 fully saturated rings. The summed E-state index contributed by atoms with van der Waals surface area (Å²) in [5.74, 6) is 0.177. The number of nitrogens with one attached hydrogen (secondary N) is 1. The van der Waals surface area contributed by atoms with Crippen molar-refractivity contribution >= 4 is 30.9 Å². The second-order valence-corrected chi connectivity index (χ2v) is 10.3. The largest absolute Gasteiger partial charge is 0.386 e. The Morgan fingerprint density at radius 2 is 2.07 bits per heavy atom. The Balaban J connectivity index is 1.98. The molecule has 0 saturated heterocycles. The van der Waals surface area contributed by atoms with E-state index >= 15 is 0 Å². The lowest BCUT2D eigenvalue weighted by Gasteiger charge is -2.25. The third-order valence-corrected chi connectivity index (χ3v) is 5.82. The zero-order valence-electron chi connectivity index (χ0n) is 17.0. The minimum atomic E-state index is -2.99. The van der Waals surface area contributed by atoms with E-state index in [-0.39, 0.29) is 12.1 Å². The van der Waals surface area contributed by atoms with Crippen molar-refractivity contribution in [2.45, 2.75) is 27.2 Å². The number of nitrogens with two attached hydrogens (primary N) is 1. The summed E-state index contributed by atoms with van der Waals surface area (Å²) in [5, 5.41) is 2.86. The minimum Gasteiger partial charge on any atom is -0.386 e. The molecule has 1 atom stereocenters. The molecular weight excluding hydrogens is 377 g/mol. The van der Waals surface area contributed by atoms with Gasteiger partial charge in [-0.25, -0.2) is 4.99 Å². The summed E-state index contributed by atoms with van der Waals surface area (Å²) in [4.78, 5) is 26.6. The number of amides is 1. The van der Waals surface area contributed by atoms with Crippen molar-refractivity contribution < 1.29 is 19.0 Å². The van der Waals surface area contributed by atoms with Crippen LogP contribution in [0.25, 0.3) is 6.08 Å². The van der Waals surface area contributed by atoms with Gasteiger partial charge >= 0.3 is 0 Å². The van der Waals surface area contributed by atoms with E-state index in [2.05, 4.69) is 10.3 Å². The van der Waals surface area contributed by atoms with E-state index in [1.54, 1.807) is 0 Å². The predicted molar refractivity (Wildman–Crippen MR) is 113 cm³/mol. The maximum atomic E-state index is 12.8. The van der Waals surface area contributed by atoms with Gasteiger partial charge in [0.25, 0.3) is 0 Å². The van der Waals surface area contributed by atoms with Crippen LogP contribution in [-0.4, -0.2) is 49.2 Å². The number of benzene rings is 1. The maximum Gasteiger partial charge on any atom is 0.248 e. The molecule has 0 aliphatic carbocycles. The molecule has 1 aromatic rings. The SMILES string of the molecule is Cc1ccc2c(c1)N=C(N)C(C)(C)C(C(=O)NCCOCCCP(C)(=O)O)=C2. The molecule has 7 nitrogen and oxygen atoms in total. The van der Waals surface area contributed by atoms with Crippen LogP contribution in [0.1, 0.15) is 31.4 Å². The number of amidine groups is 1. The Labute approximate surface area is 166 Å². The zero-order chi connectivity index (χ0) is 20.9. The number of nitrogens with zero attached hydrogens (tertiary/aromatic N) is 1. The molecule has 0 radical (unpaired) electrons. The van der Waals surface area contributed by atoms with E-state index in [4.69, 9.17) is 10.5 Å². The highest BCUT2D eigenvalue weighted by Gasteiger charge is 2.34. The highest BCUT2D eigenvalue weighted by molar-refractivity contribution is 7.57. The number of aliphatic imine (C=N–C) groups is 1. The van der Waals surface area contributed by atoms with Gasteiger partial charge in [0.05, 0.1) is 17.7 Å². The van der Waals surface area contributed by atoms with Gasteiger partial charge in [0.2, 0.25) is 5.91 Å². The summed E-state index contributed by atoms with van der Waals surface area (Å²) < 4.78 is 16.6. The first-order valence-electron chi connectivity index (χ1n) is 9.33. The van der Waals surface area contributed by atoms with Crippen molar-refractivity contribution in [3.05, 3.63) is 34.9 Å². The summed E-state index contributed by atoms with van der Waals surface area (Å²) in [6, 6.07) is 5.86. The second kappa shape index (κ2) is 9.03. The molecule has 8 heteroatoms. The smallest absolute Gasteiger partial charge is 0.248 e. The van der Waals surface area contributed by atoms with Crippen molar-refractivity contribution in [2.75, 3.05) is 32.6 Å². The molecule has 2 rings (SSSR count). The van der Waals surface area contributed by atoms with Crippen LogP contribution >= 0.6 is 7.37 Å². The maximum absolute atomic E-state index is 12.8. The molecule has 1 aromatic carbocycles. The molecule has 1 amide bonds. The summed E-state index contributed by atoms with van der Waals surface area (Å²) in [7, 11) is -2.99. The Bertz CT molecular complexity index is 840. The molecule has 4 N–H and O–H groups in total. The molecule has 28 heavy (non-hydrogen) atoms. The van der Waals surface area contributed by atoms with E-state index in [0.29, 0.717) is 37.6 Å². The van der Waals surface area contributed by atoms with Crippen molar-refractivity contribution in [1.82, 2.24) is 5.32 Å². The normalized spacial score (nSPS) is 17.6. The first kappa shape index (κ1) is 22.3. The van der Waals surface area contributed by atoms with Crippen molar-refractivity contribution in [1.29, 1.82) is 0 Å². The highest BCUT2D eigenvalue weighted by Crippen LogP contribution is 2.36. The van der Waals surface area contributed by atoms with E-state index in [0.717, 1.165) is 16.8 Å². The lowest BCUT2D eigenvalue weighted by atomic mass is 9.82.